The highest BCUT2D eigenvalue weighted by atomic mass is 32.2. The lowest BCUT2D eigenvalue weighted by Gasteiger charge is -2.47. The van der Waals surface area contributed by atoms with Crippen molar-refractivity contribution in [1.82, 2.24) is 0 Å². The van der Waals surface area contributed by atoms with Crippen molar-refractivity contribution in [3.63, 3.8) is 0 Å². The van der Waals surface area contributed by atoms with Crippen molar-refractivity contribution >= 4 is 35.6 Å². The van der Waals surface area contributed by atoms with Gasteiger partial charge in [-0.25, -0.2) is 19.2 Å². The summed E-state index contributed by atoms with van der Waals surface area (Å²) in [5.74, 6) is -3.50. The van der Waals surface area contributed by atoms with Crippen molar-refractivity contribution in [2.24, 2.45) is 0 Å². The molecular weight excluding hydrogens is 809 g/mol. The summed E-state index contributed by atoms with van der Waals surface area (Å²) in [5, 5.41) is 33.6. The Morgan fingerprint density at radius 2 is 0.918 bits per heavy atom. The van der Waals surface area contributed by atoms with Crippen LogP contribution in [0, 0.1) is 0 Å². The quantitative estimate of drug-likeness (QED) is 0.101. The molecule has 0 amide bonds. The summed E-state index contributed by atoms with van der Waals surface area (Å²) in [6.07, 6.45) is -14.7. The van der Waals surface area contributed by atoms with Crippen molar-refractivity contribution in [1.29, 1.82) is 0 Å². The van der Waals surface area contributed by atoms with Crippen LogP contribution in [0.25, 0.3) is 0 Å². The number of thioether (sulfide) groups is 1. The Labute approximate surface area is 354 Å². The molecule has 2 heterocycles. The molecule has 14 nitrogen and oxygen atoms in total. The molecule has 2 aliphatic heterocycles. The van der Waals surface area contributed by atoms with Crippen LogP contribution in [-0.2, 0) is 33.2 Å². The van der Waals surface area contributed by atoms with E-state index in [1.54, 1.807) is 97.1 Å². The highest BCUT2D eigenvalue weighted by Crippen LogP contribution is 2.38. The number of carbonyl (C=O) groups excluding carboxylic acids is 4. The number of benzene rings is 5. The zero-order valence-electron chi connectivity index (χ0n) is 32.4. The first-order valence-electron chi connectivity index (χ1n) is 19.4. The number of rotatable bonds is 14. The SMILES string of the molecule is O=C(OC[C@H]1O[C@@H](O[C@@H]2[C@@H](O)[C@H](Sc3ccccc3)O[C@H](CO)[C@H]2O)[C@H](OC(=O)c2ccccc2)[C@@H](OC(=O)c2ccccc2)[C@H]1OC(=O)c1ccccc1)c1ccccc1. The second-order valence-electron chi connectivity index (χ2n) is 14.0. The van der Waals surface area contributed by atoms with Crippen molar-refractivity contribution in [2.75, 3.05) is 13.2 Å². The minimum absolute atomic E-state index is 0.0805. The maximum Gasteiger partial charge on any atom is 0.338 e. The zero-order chi connectivity index (χ0) is 42.7. The van der Waals surface area contributed by atoms with E-state index in [1.807, 2.05) is 6.07 Å². The Balaban J connectivity index is 1.30. The third-order valence-electron chi connectivity index (χ3n) is 9.85. The van der Waals surface area contributed by atoms with Crippen LogP contribution in [0.3, 0.4) is 0 Å². The minimum atomic E-state index is -1.83. The normalized spacial score (nSPS) is 26.0. The first-order chi connectivity index (χ1) is 29.7. The van der Waals surface area contributed by atoms with Gasteiger partial charge in [0.25, 0.3) is 0 Å². The monoisotopic (exact) mass is 850 g/mol. The zero-order valence-corrected chi connectivity index (χ0v) is 33.2. The molecule has 316 valence electrons. The molecule has 2 aliphatic rings. The molecule has 0 bridgehead atoms. The van der Waals surface area contributed by atoms with Crippen LogP contribution in [0.2, 0.25) is 0 Å². The van der Waals surface area contributed by atoms with Crippen LogP contribution >= 0.6 is 11.8 Å². The molecule has 7 rings (SSSR count). The Hall–Kier alpha value is -5.91. The van der Waals surface area contributed by atoms with Gasteiger partial charge in [0.15, 0.2) is 24.6 Å². The molecule has 0 unspecified atom stereocenters. The average molecular weight is 851 g/mol. The van der Waals surface area contributed by atoms with Gasteiger partial charge in [0, 0.05) is 4.90 Å². The highest BCUT2D eigenvalue weighted by molar-refractivity contribution is 7.99. The second kappa shape index (κ2) is 20.6. The number of hydrogen-bond donors (Lipinski definition) is 3. The smallest absolute Gasteiger partial charge is 0.338 e. The molecule has 0 aromatic heterocycles. The fourth-order valence-electron chi connectivity index (χ4n) is 6.74. The fraction of sp³-hybridized carbons (Fsp3) is 0.261. The van der Waals surface area contributed by atoms with Crippen LogP contribution in [0.1, 0.15) is 41.4 Å². The summed E-state index contributed by atoms with van der Waals surface area (Å²) in [6.45, 7) is -1.30. The number of aliphatic hydroxyl groups excluding tert-OH is 3. The van der Waals surface area contributed by atoms with Crippen LogP contribution in [-0.4, -0.2) is 113 Å². The van der Waals surface area contributed by atoms with Gasteiger partial charge in [0.2, 0.25) is 0 Å². The first-order valence-corrected chi connectivity index (χ1v) is 20.2. The number of ether oxygens (including phenoxy) is 7. The molecule has 5 aromatic carbocycles. The van der Waals surface area contributed by atoms with Crippen LogP contribution in [0.4, 0.5) is 0 Å². The summed E-state index contributed by atoms with van der Waals surface area (Å²) in [6, 6.07) is 40.6. The van der Waals surface area contributed by atoms with Crippen LogP contribution < -0.4 is 0 Å². The molecule has 0 saturated carbocycles. The van der Waals surface area contributed by atoms with Gasteiger partial charge in [-0.3, -0.25) is 0 Å². The Morgan fingerprint density at radius 1 is 0.492 bits per heavy atom. The molecule has 61 heavy (non-hydrogen) atoms. The number of hydrogen-bond acceptors (Lipinski definition) is 15. The van der Waals surface area contributed by atoms with Gasteiger partial charge >= 0.3 is 23.9 Å². The Kier molecular flexibility index (Phi) is 14.6. The van der Waals surface area contributed by atoms with Crippen LogP contribution in [0.15, 0.2) is 157 Å². The van der Waals surface area contributed by atoms with Gasteiger partial charge < -0.3 is 48.5 Å². The van der Waals surface area contributed by atoms with E-state index in [1.165, 1.54) is 48.5 Å². The highest BCUT2D eigenvalue weighted by Gasteiger charge is 2.56. The molecule has 0 radical (unpaired) electrons. The lowest BCUT2D eigenvalue weighted by atomic mass is 9.96. The maximum atomic E-state index is 14.0. The summed E-state index contributed by atoms with van der Waals surface area (Å²) >= 11 is 1.10. The third-order valence-corrected chi connectivity index (χ3v) is 11.0. The Morgan fingerprint density at radius 3 is 1.39 bits per heavy atom. The van der Waals surface area contributed by atoms with Crippen molar-refractivity contribution in [3.05, 3.63) is 174 Å². The summed E-state index contributed by atoms with van der Waals surface area (Å²) in [5.41, 5.74) is -0.636. The summed E-state index contributed by atoms with van der Waals surface area (Å²) < 4.78 is 42.7. The molecule has 15 heteroatoms. The van der Waals surface area contributed by atoms with E-state index in [4.69, 9.17) is 33.2 Å². The molecule has 10 atom stereocenters. The molecule has 2 fully saturated rings. The lowest BCUT2D eigenvalue weighted by Crippen LogP contribution is -2.66. The van der Waals surface area contributed by atoms with Crippen molar-refractivity contribution in [3.8, 4) is 0 Å². The third kappa shape index (κ3) is 10.7. The van der Waals surface area contributed by atoms with Crippen molar-refractivity contribution in [2.45, 2.75) is 65.5 Å². The lowest BCUT2D eigenvalue weighted by molar-refractivity contribution is -0.335. The second-order valence-corrected chi connectivity index (χ2v) is 15.1. The van der Waals surface area contributed by atoms with Gasteiger partial charge in [-0.1, -0.05) is 103 Å². The molecule has 0 aliphatic carbocycles. The maximum absolute atomic E-state index is 14.0. The van der Waals surface area contributed by atoms with E-state index >= 15 is 0 Å². The van der Waals surface area contributed by atoms with Gasteiger partial charge in [-0.2, -0.15) is 0 Å². The van der Waals surface area contributed by atoms with Gasteiger partial charge in [-0.15, -0.1) is 0 Å². The predicted octanol–water partition coefficient (Wildman–Crippen LogP) is 4.86. The summed E-state index contributed by atoms with van der Waals surface area (Å²) in [7, 11) is 0. The molecule has 3 N–H and O–H groups in total. The molecular formula is C46H42O14S. The largest absolute Gasteiger partial charge is 0.459 e. The van der Waals surface area contributed by atoms with E-state index in [-0.39, 0.29) is 22.3 Å². The number of esters is 4. The van der Waals surface area contributed by atoms with Crippen molar-refractivity contribution < 1.29 is 67.7 Å². The predicted molar refractivity (Wildman–Crippen MR) is 217 cm³/mol. The van der Waals surface area contributed by atoms with Gasteiger partial charge in [-0.05, 0) is 60.7 Å². The average Bonchev–Trinajstić information content (AvgIpc) is 3.31. The topological polar surface area (TPSA) is 194 Å². The Bertz CT molecular complexity index is 2200. The minimum Gasteiger partial charge on any atom is -0.459 e. The molecule has 2 saturated heterocycles. The number of carbonyl (C=O) groups is 4. The number of aliphatic hydroxyl groups is 3. The molecule has 0 spiro atoms. The van der Waals surface area contributed by atoms with E-state index in [0.29, 0.717) is 4.90 Å². The van der Waals surface area contributed by atoms with E-state index in [0.717, 1.165) is 11.8 Å². The van der Waals surface area contributed by atoms with Gasteiger partial charge in [0.05, 0.1) is 28.9 Å². The van der Waals surface area contributed by atoms with Crippen LogP contribution in [0.5, 0.6) is 0 Å². The first kappa shape index (κ1) is 43.2. The standard InChI is InChI=1S/C46H42O14S/c47-26-33-35(48)38(36(49)46(56-33)61-32-24-14-5-15-25-32)60-45-40(59-44(53)31-22-12-4-13-23-31)39(58-43(52)30-20-10-3-11-21-30)37(57-42(51)29-18-8-2-9-19-29)34(55-45)27-54-41(50)28-16-6-1-7-17-28/h1-25,33-40,45-49H,26-27H2/t33-,34-,35-,36-,37+,38+,39+,40-,45+,46+/m1/s1. The summed E-state index contributed by atoms with van der Waals surface area (Å²) in [4.78, 5) is 55.7. The van der Waals surface area contributed by atoms with E-state index in [2.05, 4.69) is 0 Å². The van der Waals surface area contributed by atoms with E-state index < -0.39 is 97.6 Å². The molecule has 5 aromatic rings. The van der Waals surface area contributed by atoms with Gasteiger partial charge in [0.1, 0.15) is 42.6 Å². The van der Waals surface area contributed by atoms with E-state index in [9.17, 15) is 34.5 Å². The fourth-order valence-corrected chi connectivity index (χ4v) is 7.81.